The normalized spacial score (nSPS) is 11.1. The van der Waals surface area contributed by atoms with Gasteiger partial charge in [-0.2, -0.15) is 5.10 Å². The van der Waals surface area contributed by atoms with Crippen molar-refractivity contribution in [3.63, 3.8) is 0 Å². The quantitative estimate of drug-likeness (QED) is 0.448. The zero-order valence-corrected chi connectivity index (χ0v) is 16.7. The van der Waals surface area contributed by atoms with Gasteiger partial charge in [-0.05, 0) is 45.7 Å². The van der Waals surface area contributed by atoms with Gasteiger partial charge in [0.15, 0.2) is 0 Å². The number of amides is 1. The fraction of sp³-hybridized carbons (Fsp3) is 0.0800. The second-order valence-electron chi connectivity index (χ2n) is 7.12. The van der Waals surface area contributed by atoms with Crippen LogP contribution in [0.2, 0.25) is 0 Å². The molecule has 0 spiro atoms. The Kier molecular flexibility index (Phi) is 5.89. The van der Waals surface area contributed by atoms with Gasteiger partial charge in [-0.1, -0.05) is 54.6 Å². The lowest BCUT2D eigenvalue weighted by atomic mass is 10.0. The van der Waals surface area contributed by atoms with Crippen molar-refractivity contribution in [1.29, 1.82) is 0 Å². The summed E-state index contributed by atoms with van der Waals surface area (Å²) >= 11 is 0. The molecule has 31 heavy (non-hydrogen) atoms. The summed E-state index contributed by atoms with van der Waals surface area (Å²) in [6.45, 7) is 0.880. The van der Waals surface area contributed by atoms with Crippen molar-refractivity contribution in [1.82, 2.24) is 15.1 Å². The molecule has 1 heterocycles. The summed E-state index contributed by atoms with van der Waals surface area (Å²) in [4.78, 5) is 24.0. The molecule has 0 atom stereocenters. The molecule has 2 N–H and O–H groups in total. The SMILES string of the molecule is O=C(O)/C=C/c1ccc(Cn2cccn2)cc1C(=O)NCc1cccc2ccccc12. The number of carbonyl (C=O) groups is 2. The second kappa shape index (κ2) is 9.09. The number of carboxylic acids is 1. The highest BCUT2D eigenvalue weighted by molar-refractivity contribution is 5.99. The van der Waals surface area contributed by atoms with Gasteiger partial charge in [0.1, 0.15) is 0 Å². The summed E-state index contributed by atoms with van der Waals surface area (Å²) in [5, 5.41) is 18.4. The molecule has 6 nitrogen and oxygen atoms in total. The van der Waals surface area contributed by atoms with Gasteiger partial charge >= 0.3 is 5.97 Å². The molecule has 1 aromatic heterocycles. The minimum Gasteiger partial charge on any atom is -0.478 e. The van der Waals surface area contributed by atoms with E-state index in [9.17, 15) is 9.59 Å². The van der Waals surface area contributed by atoms with Crippen molar-refractivity contribution in [3.8, 4) is 0 Å². The Balaban J connectivity index is 1.60. The lowest BCUT2D eigenvalue weighted by Crippen LogP contribution is -2.24. The number of carbonyl (C=O) groups excluding carboxylic acids is 1. The lowest BCUT2D eigenvalue weighted by Gasteiger charge is -2.12. The van der Waals surface area contributed by atoms with Crippen molar-refractivity contribution < 1.29 is 14.7 Å². The first-order chi connectivity index (χ1) is 15.1. The third-order valence-electron chi connectivity index (χ3n) is 4.99. The largest absolute Gasteiger partial charge is 0.478 e. The average Bonchev–Trinajstić information content (AvgIpc) is 3.29. The van der Waals surface area contributed by atoms with Crippen molar-refractivity contribution in [3.05, 3.63) is 107 Å². The number of rotatable bonds is 7. The van der Waals surface area contributed by atoms with Crippen LogP contribution in [0.25, 0.3) is 16.8 Å². The number of nitrogens with zero attached hydrogens (tertiary/aromatic N) is 2. The van der Waals surface area contributed by atoms with Crippen molar-refractivity contribution in [2.45, 2.75) is 13.1 Å². The molecule has 3 aromatic carbocycles. The van der Waals surface area contributed by atoms with Gasteiger partial charge in [-0.3, -0.25) is 9.48 Å². The standard InChI is InChI=1S/C25H21N3O3/c29-24(30)12-11-20-10-9-18(17-28-14-4-13-27-28)15-23(20)25(31)26-16-21-7-3-6-19-5-1-2-8-22(19)21/h1-15H,16-17H2,(H,26,31)(H,29,30)/b12-11+. The third kappa shape index (κ3) is 4.87. The van der Waals surface area contributed by atoms with E-state index in [1.807, 2.05) is 60.8 Å². The monoisotopic (exact) mass is 411 g/mol. The summed E-state index contributed by atoms with van der Waals surface area (Å²) in [7, 11) is 0. The third-order valence-corrected chi connectivity index (χ3v) is 4.99. The van der Waals surface area contributed by atoms with Gasteiger partial charge in [0.05, 0.1) is 6.54 Å². The van der Waals surface area contributed by atoms with Crippen LogP contribution in [0.5, 0.6) is 0 Å². The summed E-state index contributed by atoms with van der Waals surface area (Å²) in [5.41, 5.74) is 2.87. The first-order valence-electron chi connectivity index (χ1n) is 9.86. The molecule has 0 aliphatic heterocycles. The fourth-order valence-electron chi connectivity index (χ4n) is 3.50. The van der Waals surface area contributed by atoms with Crippen LogP contribution in [0.15, 0.2) is 85.2 Å². The molecule has 6 heteroatoms. The maximum Gasteiger partial charge on any atom is 0.328 e. The number of carboxylic acid groups (broad SMARTS) is 1. The van der Waals surface area contributed by atoms with Crippen LogP contribution in [-0.4, -0.2) is 26.8 Å². The van der Waals surface area contributed by atoms with E-state index < -0.39 is 5.97 Å². The van der Waals surface area contributed by atoms with Crippen LogP contribution in [-0.2, 0) is 17.9 Å². The Hall–Kier alpha value is -4.19. The molecule has 0 radical (unpaired) electrons. The van der Waals surface area contributed by atoms with Gasteiger partial charge in [0, 0.05) is 30.6 Å². The molecule has 0 aliphatic rings. The van der Waals surface area contributed by atoms with E-state index in [2.05, 4.69) is 10.4 Å². The van der Waals surface area contributed by atoms with Gasteiger partial charge in [0.25, 0.3) is 5.91 Å². The minimum atomic E-state index is -1.07. The smallest absolute Gasteiger partial charge is 0.328 e. The van der Waals surface area contributed by atoms with Crippen molar-refractivity contribution >= 4 is 28.7 Å². The molecule has 1 amide bonds. The molecular formula is C25H21N3O3. The molecule has 0 saturated heterocycles. The molecule has 154 valence electrons. The van der Waals surface area contributed by atoms with Crippen LogP contribution in [0.1, 0.15) is 27.0 Å². The number of benzene rings is 3. The molecular weight excluding hydrogens is 390 g/mol. The lowest BCUT2D eigenvalue weighted by molar-refractivity contribution is -0.131. The number of nitrogens with one attached hydrogen (secondary N) is 1. The van der Waals surface area contributed by atoms with Gasteiger partial charge in [-0.25, -0.2) is 4.79 Å². The number of hydrogen-bond donors (Lipinski definition) is 2. The van der Waals surface area contributed by atoms with E-state index in [0.29, 0.717) is 24.2 Å². The zero-order valence-electron chi connectivity index (χ0n) is 16.7. The Morgan fingerprint density at radius 1 is 1.03 bits per heavy atom. The topological polar surface area (TPSA) is 84.2 Å². The van der Waals surface area contributed by atoms with Crippen LogP contribution in [0, 0.1) is 0 Å². The van der Waals surface area contributed by atoms with Crippen LogP contribution in [0.3, 0.4) is 0 Å². The van der Waals surface area contributed by atoms with Gasteiger partial charge in [-0.15, -0.1) is 0 Å². The van der Waals surface area contributed by atoms with E-state index in [1.165, 1.54) is 6.08 Å². The number of aliphatic carboxylic acids is 1. The maximum absolute atomic E-state index is 13.1. The zero-order chi connectivity index (χ0) is 21.6. The Labute approximate surface area is 179 Å². The maximum atomic E-state index is 13.1. The number of hydrogen-bond acceptors (Lipinski definition) is 3. The summed E-state index contributed by atoms with van der Waals surface area (Å²) in [5.74, 6) is -1.33. The van der Waals surface area contributed by atoms with Crippen LogP contribution >= 0.6 is 0 Å². The van der Waals surface area contributed by atoms with Gasteiger partial charge in [0.2, 0.25) is 0 Å². The Bertz CT molecular complexity index is 1260. The van der Waals surface area contributed by atoms with E-state index in [-0.39, 0.29) is 5.91 Å². The highest BCUT2D eigenvalue weighted by atomic mass is 16.4. The predicted octanol–water partition coefficient (Wildman–Crippen LogP) is 4.11. The molecule has 0 aliphatic carbocycles. The van der Waals surface area contributed by atoms with E-state index in [4.69, 9.17) is 5.11 Å². The predicted molar refractivity (Wildman–Crippen MR) is 120 cm³/mol. The Morgan fingerprint density at radius 3 is 2.68 bits per heavy atom. The van der Waals surface area contributed by atoms with Gasteiger partial charge < -0.3 is 10.4 Å². The minimum absolute atomic E-state index is 0.264. The highest BCUT2D eigenvalue weighted by Gasteiger charge is 2.12. The number of aromatic nitrogens is 2. The van der Waals surface area contributed by atoms with Crippen molar-refractivity contribution in [2.24, 2.45) is 0 Å². The molecule has 0 fully saturated rings. The molecule has 4 rings (SSSR count). The summed E-state index contributed by atoms with van der Waals surface area (Å²) in [6.07, 6.45) is 6.01. The second-order valence-corrected chi connectivity index (χ2v) is 7.12. The van der Waals surface area contributed by atoms with E-state index >= 15 is 0 Å². The number of fused-ring (bicyclic) bond motifs is 1. The average molecular weight is 411 g/mol. The van der Waals surface area contributed by atoms with Crippen LogP contribution < -0.4 is 5.32 Å². The summed E-state index contributed by atoms with van der Waals surface area (Å²) in [6, 6.07) is 21.2. The molecule has 0 unspecified atom stereocenters. The van der Waals surface area contributed by atoms with E-state index in [0.717, 1.165) is 28.0 Å². The Morgan fingerprint density at radius 2 is 1.87 bits per heavy atom. The van der Waals surface area contributed by atoms with Crippen LogP contribution in [0.4, 0.5) is 0 Å². The fourth-order valence-corrected chi connectivity index (χ4v) is 3.50. The molecule has 0 saturated carbocycles. The molecule has 4 aromatic rings. The summed E-state index contributed by atoms with van der Waals surface area (Å²) < 4.78 is 1.76. The first-order valence-corrected chi connectivity index (χ1v) is 9.86. The molecule has 0 bridgehead atoms. The van der Waals surface area contributed by atoms with E-state index in [1.54, 1.807) is 23.0 Å². The van der Waals surface area contributed by atoms with Crippen molar-refractivity contribution in [2.75, 3.05) is 0 Å². The highest BCUT2D eigenvalue weighted by Crippen LogP contribution is 2.19. The first kappa shape index (κ1) is 20.1.